The maximum atomic E-state index is 12.8. The second-order valence-corrected chi connectivity index (χ2v) is 11.6. The Balaban J connectivity index is 1.55. The maximum Gasteiger partial charge on any atom is 0.514 e. The van der Waals surface area contributed by atoms with E-state index in [1.807, 2.05) is 25.1 Å². The fourth-order valence-corrected chi connectivity index (χ4v) is 5.99. The molecule has 5 nitrogen and oxygen atoms in total. The van der Waals surface area contributed by atoms with Crippen LogP contribution in [0.15, 0.2) is 82.9 Å². The Morgan fingerprint density at radius 2 is 1.87 bits per heavy atom. The molecule has 1 saturated heterocycles. The lowest BCUT2D eigenvalue weighted by Gasteiger charge is -2.40. The van der Waals surface area contributed by atoms with Crippen molar-refractivity contribution >= 4 is 45.7 Å². The topological polar surface area (TPSA) is 51.1 Å². The van der Waals surface area contributed by atoms with Crippen LogP contribution in [0.3, 0.4) is 0 Å². The second kappa shape index (κ2) is 11.5. The number of nitrogens with zero attached hydrogens (tertiary/aromatic N) is 2. The molecule has 1 heterocycles. The monoisotopic (exact) mass is 622 g/mol. The highest BCUT2D eigenvalue weighted by molar-refractivity contribution is 14.1. The van der Waals surface area contributed by atoms with E-state index in [1.165, 1.54) is 29.7 Å². The average Bonchev–Trinajstić information content (AvgIpc) is 3.45. The van der Waals surface area contributed by atoms with Crippen LogP contribution in [0.2, 0.25) is 0 Å². The van der Waals surface area contributed by atoms with Crippen molar-refractivity contribution < 1.29 is 14.3 Å². The van der Waals surface area contributed by atoms with Crippen LogP contribution in [0.5, 0.6) is 5.75 Å². The maximum absolute atomic E-state index is 12.8. The van der Waals surface area contributed by atoms with Crippen LogP contribution in [0.4, 0.5) is 10.5 Å². The van der Waals surface area contributed by atoms with Gasteiger partial charge in [-0.25, -0.2) is 4.79 Å². The second-order valence-electron chi connectivity index (χ2n) is 10.5. The Bertz CT molecular complexity index is 1320. The first-order chi connectivity index (χ1) is 18.4. The summed E-state index contributed by atoms with van der Waals surface area (Å²) < 4.78 is 12.4. The summed E-state index contributed by atoms with van der Waals surface area (Å²) in [4.78, 5) is 20.1. The van der Waals surface area contributed by atoms with Crippen molar-refractivity contribution in [3.63, 3.8) is 0 Å². The number of hydrogen-bond donors (Lipinski definition) is 0. The van der Waals surface area contributed by atoms with Gasteiger partial charge in [0.05, 0.1) is 5.71 Å². The number of hydrogen-bond acceptors (Lipinski definition) is 5. The fourth-order valence-electron chi connectivity index (χ4n) is 5.65. The summed E-state index contributed by atoms with van der Waals surface area (Å²) in [6.07, 6.45) is 8.78. The van der Waals surface area contributed by atoms with Crippen molar-refractivity contribution in [3.05, 3.63) is 89.0 Å². The molecule has 1 aliphatic heterocycles. The third-order valence-corrected chi connectivity index (χ3v) is 8.38. The Hall–Kier alpha value is -2.87. The molecule has 198 valence electrons. The van der Waals surface area contributed by atoms with Crippen LogP contribution in [0.25, 0.3) is 5.57 Å². The molecule has 1 atom stereocenters. The summed E-state index contributed by atoms with van der Waals surface area (Å²) in [7, 11) is 0. The highest BCUT2D eigenvalue weighted by Crippen LogP contribution is 2.50. The number of alkyl halides is 1. The first kappa shape index (κ1) is 26.7. The van der Waals surface area contributed by atoms with Gasteiger partial charge in [-0.15, -0.1) is 0 Å². The molecule has 38 heavy (non-hydrogen) atoms. The Kier molecular flexibility index (Phi) is 8.07. The van der Waals surface area contributed by atoms with Gasteiger partial charge >= 0.3 is 6.16 Å². The normalized spacial score (nSPS) is 19.6. The van der Waals surface area contributed by atoms with Crippen LogP contribution in [-0.2, 0) is 10.2 Å². The number of halogens is 1. The van der Waals surface area contributed by atoms with Gasteiger partial charge in [0, 0.05) is 40.7 Å². The van der Waals surface area contributed by atoms with E-state index in [0.717, 1.165) is 52.9 Å². The zero-order valence-electron chi connectivity index (χ0n) is 22.4. The smallest absolute Gasteiger partial charge is 0.426 e. The van der Waals surface area contributed by atoms with Gasteiger partial charge in [0.2, 0.25) is 0 Å². The van der Waals surface area contributed by atoms with Gasteiger partial charge in [-0.05, 0) is 84.9 Å². The third-order valence-electron chi connectivity index (χ3n) is 7.61. The summed E-state index contributed by atoms with van der Waals surface area (Å²) >= 11 is 2.40. The van der Waals surface area contributed by atoms with Gasteiger partial charge in [0.15, 0.2) is 0 Å². The molecule has 2 aromatic carbocycles. The lowest BCUT2D eigenvalue weighted by atomic mass is 9.64. The molecule has 6 heteroatoms. The fraction of sp³-hybridized carbons (Fsp3) is 0.375. The zero-order chi connectivity index (χ0) is 26.7. The third kappa shape index (κ3) is 5.46. The van der Waals surface area contributed by atoms with Crippen LogP contribution < -0.4 is 9.64 Å². The molecule has 1 fully saturated rings. The van der Waals surface area contributed by atoms with E-state index in [9.17, 15) is 4.79 Å². The molecular formula is C32H35IN2O3. The Morgan fingerprint density at radius 1 is 1.11 bits per heavy atom. The summed E-state index contributed by atoms with van der Waals surface area (Å²) in [6, 6.07) is 15.8. The van der Waals surface area contributed by atoms with Gasteiger partial charge in [0.25, 0.3) is 0 Å². The molecule has 0 bridgehead atoms. The number of carbonyl (C=O) groups excluding carboxylic acids is 1. The van der Waals surface area contributed by atoms with E-state index >= 15 is 0 Å². The molecule has 0 radical (unpaired) electrons. The molecule has 0 spiro atoms. The summed E-state index contributed by atoms with van der Waals surface area (Å²) in [5.74, 6) is 0.466. The molecular weight excluding hydrogens is 587 g/mol. The lowest BCUT2D eigenvalue weighted by molar-refractivity contribution is 0.0851. The Labute approximate surface area is 239 Å². The SMILES string of the molecule is CC(OC(=O)Oc1ccccc1)C1=C2C=CC(=NCCCI)C=C2C(C)(C)c2cc(N3CCCC3)ccc21. The van der Waals surface area contributed by atoms with Crippen molar-refractivity contribution in [2.24, 2.45) is 4.99 Å². The van der Waals surface area contributed by atoms with E-state index < -0.39 is 12.3 Å². The zero-order valence-corrected chi connectivity index (χ0v) is 24.5. The van der Waals surface area contributed by atoms with E-state index in [2.05, 4.69) is 77.8 Å². The van der Waals surface area contributed by atoms with Gasteiger partial charge in [-0.2, -0.15) is 0 Å². The highest BCUT2D eigenvalue weighted by atomic mass is 127. The number of fused-ring (bicyclic) bond motifs is 2. The van der Waals surface area contributed by atoms with Gasteiger partial charge in [0.1, 0.15) is 11.9 Å². The number of allylic oxidation sites excluding steroid dienone is 5. The molecule has 2 aliphatic carbocycles. The first-order valence-corrected chi connectivity index (χ1v) is 15.0. The first-order valence-electron chi connectivity index (χ1n) is 13.5. The van der Waals surface area contributed by atoms with E-state index in [4.69, 9.17) is 14.5 Å². The molecule has 0 aromatic heterocycles. The minimum Gasteiger partial charge on any atom is -0.426 e. The molecule has 0 saturated carbocycles. The summed E-state index contributed by atoms with van der Waals surface area (Å²) in [5, 5.41) is 0. The quantitative estimate of drug-likeness (QED) is 0.104. The van der Waals surface area contributed by atoms with Gasteiger partial charge < -0.3 is 14.4 Å². The molecule has 0 amide bonds. The van der Waals surface area contributed by atoms with Crippen molar-refractivity contribution in [3.8, 4) is 5.75 Å². The van der Waals surface area contributed by atoms with Crippen LogP contribution in [0.1, 0.15) is 51.2 Å². The predicted molar refractivity (Wildman–Crippen MR) is 164 cm³/mol. The minimum atomic E-state index is -0.705. The molecule has 3 aliphatic rings. The molecule has 1 unspecified atom stereocenters. The molecule has 0 N–H and O–H groups in total. The van der Waals surface area contributed by atoms with Crippen molar-refractivity contribution in [1.29, 1.82) is 0 Å². The highest BCUT2D eigenvalue weighted by Gasteiger charge is 2.40. The summed E-state index contributed by atoms with van der Waals surface area (Å²) in [6.45, 7) is 9.52. The largest absolute Gasteiger partial charge is 0.514 e. The summed E-state index contributed by atoms with van der Waals surface area (Å²) in [5.41, 5.74) is 7.72. The number of para-hydroxylation sites is 1. The lowest BCUT2D eigenvalue weighted by Crippen LogP contribution is -2.33. The van der Waals surface area contributed by atoms with E-state index in [1.54, 1.807) is 12.1 Å². The number of aliphatic imine (C=N–C) groups is 1. The Morgan fingerprint density at radius 3 is 2.61 bits per heavy atom. The minimum absolute atomic E-state index is 0.233. The number of ether oxygens (including phenoxy) is 2. The van der Waals surface area contributed by atoms with E-state index in [0.29, 0.717) is 5.75 Å². The molecule has 2 aromatic rings. The van der Waals surface area contributed by atoms with Gasteiger partial charge in [-0.3, -0.25) is 4.99 Å². The van der Waals surface area contributed by atoms with Crippen molar-refractivity contribution in [2.75, 3.05) is 29.0 Å². The number of carbonyl (C=O) groups is 1. The predicted octanol–water partition coefficient (Wildman–Crippen LogP) is 7.70. The van der Waals surface area contributed by atoms with E-state index in [-0.39, 0.29) is 5.41 Å². The van der Waals surface area contributed by atoms with Crippen molar-refractivity contribution in [2.45, 2.75) is 51.6 Å². The average molecular weight is 623 g/mol. The number of anilines is 1. The van der Waals surface area contributed by atoms with Crippen LogP contribution in [-0.4, -0.2) is 42.0 Å². The van der Waals surface area contributed by atoms with Crippen LogP contribution in [0, 0.1) is 0 Å². The van der Waals surface area contributed by atoms with Crippen molar-refractivity contribution in [1.82, 2.24) is 0 Å². The van der Waals surface area contributed by atoms with Crippen LogP contribution >= 0.6 is 22.6 Å². The number of benzene rings is 2. The van der Waals surface area contributed by atoms with Gasteiger partial charge in [-0.1, -0.05) is 66.8 Å². The molecule has 5 rings (SSSR count). The standard InChI is InChI=1S/C32H35IN2O3/c1-22(37-31(36)38-25-10-5-4-6-11-25)30-26-14-12-23(34-17-9-16-33)20-28(26)32(2,3)29-21-24(13-15-27(29)30)35-18-7-8-19-35/h4-6,10-15,20-22H,7-9,16-19H2,1-3H3. The number of rotatable bonds is 7.